The molecule has 0 spiro atoms. The molecular weight excluding hydrogens is 434 g/mol. The van der Waals surface area contributed by atoms with Crippen molar-refractivity contribution in [3.8, 4) is 0 Å². The molecule has 2 aromatic rings. The highest BCUT2D eigenvalue weighted by Gasteiger charge is 2.15. The normalized spacial score (nSPS) is 17.1. The zero-order chi connectivity index (χ0) is 20.6. The van der Waals surface area contributed by atoms with Gasteiger partial charge in [0.15, 0.2) is 10.4 Å². The predicted molar refractivity (Wildman–Crippen MR) is 117 cm³/mol. The van der Waals surface area contributed by atoms with E-state index in [9.17, 15) is 9.59 Å². The van der Waals surface area contributed by atoms with E-state index in [1.807, 2.05) is 0 Å². The van der Waals surface area contributed by atoms with E-state index >= 15 is 0 Å². The van der Waals surface area contributed by atoms with Gasteiger partial charge in [0.1, 0.15) is 0 Å². The van der Waals surface area contributed by atoms with Crippen LogP contribution in [0.25, 0.3) is 0 Å². The largest absolute Gasteiger partial charge is 0.444 e. The molecule has 0 bridgehead atoms. The summed E-state index contributed by atoms with van der Waals surface area (Å²) in [6.45, 7) is 6.51. The van der Waals surface area contributed by atoms with Gasteiger partial charge in [-0.3, -0.25) is 9.59 Å². The van der Waals surface area contributed by atoms with Gasteiger partial charge in [-0.1, -0.05) is 6.92 Å². The van der Waals surface area contributed by atoms with Crippen molar-refractivity contribution >= 4 is 33.4 Å². The molecule has 1 aliphatic rings. The number of unbranched alkanes of at least 4 members (excludes halogenated alkanes) is 1. The van der Waals surface area contributed by atoms with Crippen LogP contribution >= 0.6 is 15.9 Å². The third kappa shape index (κ3) is 6.72. The maximum absolute atomic E-state index is 12.3. The smallest absolute Gasteiger partial charge is 0.291 e. The van der Waals surface area contributed by atoms with Crippen LogP contribution in [0.15, 0.2) is 45.5 Å². The number of furan rings is 1. The van der Waals surface area contributed by atoms with Crippen LogP contribution in [0.5, 0.6) is 0 Å². The van der Waals surface area contributed by atoms with Crippen LogP contribution in [-0.2, 0) is 0 Å². The molecule has 0 radical (unpaired) electrons. The molecule has 6 nitrogen and oxygen atoms in total. The van der Waals surface area contributed by atoms with E-state index < -0.39 is 0 Å². The molecule has 1 fully saturated rings. The molecule has 156 valence electrons. The van der Waals surface area contributed by atoms with Gasteiger partial charge in [-0.05, 0) is 97.0 Å². The molecule has 29 heavy (non-hydrogen) atoms. The Hall–Kier alpha value is -2.12. The second-order valence-electron chi connectivity index (χ2n) is 7.65. The Bertz CT molecular complexity index is 819. The van der Waals surface area contributed by atoms with Crippen LogP contribution in [0, 0.1) is 5.92 Å². The Morgan fingerprint density at radius 1 is 1.14 bits per heavy atom. The minimum absolute atomic E-state index is 0.0931. The van der Waals surface area contributed by atoms with E-state index in [0.717, 1.165) is 25.3 Å². The topological polar surface area (TPSA) is 74.6 Å². The molecule has 3 rings (SSSR count). The molecule has 0 aliphatic carbocycles. The lowest BCUT2D eigenvalue weighted by Gasteiger charge is -2.30. The monoisotopic (exact) mass is 461 g/mol. The first kappa shape index (κ1) is 21.6. The number of anilines is 1. The number of hydrogen-bond acceptors (Lipinski definition) is 4. The SMILES string of the molecule is CC1CCCN(CCCCNC(=O)c2ccc(NC(=O)c3ccc(Br)o3)cc2)C1. The molecule has 1 aliphatic heterocycles. The number of amides is 2. The summed E-state index contributed by atoms with van der Waals surface area (Å²) >= 11 is 3.17. The first-order valence-electron chi connectivity index (χ1n) is 10.2. The maximum atomic E-state index is 12.3. The van der Waals surface area contributed by atoms with Crippen molar-refractivity contribution in [3.05, 3.63) is 52.4 Å². The number of nitrogens with one attached hydrogen (secondary N) is 2. The molecule has 7 heteroatoms. The molecule has 1 atom stereocenters. The zero-order valence-electron chi connectivity index (χ0n) is 16.7. The minimum Gasteiger partial charge on any atom is -0.444 e. The van der Waals surface area contributed by atoms with Crippen molar-refractivity contribution in [2.45, 2.75) is 32.6 Å². The Balaban J connectivity index is 1.37. The molecule has 2 N–H and O–H groups in total. The van der Waals surface area contributed by atoms with E-state index in [4.69, 9.17) is 4.42 Å². The van der Waals surface area contributed by atoms with E-state index in [1.165, 1.54) is 25.9 Å². The number of hydrogen-bond donors (Lipinski definition) is 2. The number of benzene rings is 1. The standard InChI is InChI=1S/C22H28BrN3O3/c1-16-5-4-14-26(15-16)13-3-2-12-24-21(27)17-6-8-18(9-7-17)25-22(28)19-10-11-20(23)29-19/h6-11,16H,2-5,12-15H2,1H3,(H,24,27)(H,25,28). The van der Waals surface area contributed by atoms with Crippen molar-refractivity contribution < 1.29 is 14.0 Å². The quantitative estimate of drug-likeness (QED) is 0.565. The number of halogens is 1. The van der Waals surface area contributed by atoms with Gasteiger partial charge in [-0.25, -0.2) is 0 Å². The van der Waals surface area contributed by atoms with Crippen molar-refractivity contribution in [3.63, 3.8) is 0 Å². The van der Waals surface area contributed by atoms with Crippen LogP contribution in [0.3, 0.4) is 0 Å². The van der Waals surface area contributed by atoms with Crippen molar-refractivity contribution in [2.75, 3.05) is 31.5 Å². The molecular formula is C22H28BrN3O3. The summed E-state index contributed by atoms with van der Waals surface area (Å²) < 4.78 is 5.73. The molecule has 2 heterocycles. The highest BCUT2D eigenvalue weighted by atomic mass is 79.9. The van der Waals surface area contributed by atoms with Gasteiger partial charge >= 0.3 is 0 Å². The first-order chi connectivity index (χ1) is 14.0. The predicted octanol–water partition coefficient (Wildman–Crippen LogP) is 4.54. The molecule has 0 saturated carbocycles. The average molecular weight is 462 g/mol. The number of rotatable bonds is 8. The van der Waals surface area contributed by atoms with Gasteiger partial charge in [0, 0.05) is 24.3 Å². The summed E-state index contributed by atoms with van der Waals surface area (Å²) in [5.41, 5.74) is 1.18. The van der Waals surface area contributed by atoms with Crippen LogP contribution in [0.1, 0.15) is 53.5 Å². The summed E-state index contributed by atoms with van der Waals surface area (Å²) in [6.07, 6.45) is 4.72. The Kier molecular flexibility index (Phi) is 7.89. The minimum atomic E-state index is -0.337. The van der Waals surface area contributed by atoms with E-state index in [0.29, 0.717) is 22.5 Å². The van der Waals surface area contributed by atoms with Gasteiger partial charge < -0.3 is 20.0 Å². The second-order valence-corrected chi connectivity index (χ2v) is 8.43. The third-order valence-electron chi connectivity index (χ3n) is 5.13. The number of carbonyl (C=O) groups is 2. The van der Waals surface area contributed by atoms with Gasteiger partial charge in [0.2, 0.25) is 0 Å². The lowest BCUT2D eigenvalue weighted by molar-refractivity contribution is 0.0951. The van der Waals surface area contributed by atoms with Crippen LogP contribution in [0.4, 0.5) is 5.69 Å². The lowest BCUT2D eigenvalue weighted by Crippen LogP contribution is -2.35. The zero-order valence-corrected chi connectivity index (χ0v) is 18.3. The van der Waals surface area contributed by atoms with Crippen molar-refractivity contribution in [2.24, 2.45) is 5.92 Å². The fourth-order valence-electron chi connectivity index (χ4n) is 3.59. The summed E-state index contributed by atoms with van der Waals surface area (Å²) in [5, 5.41) is 5.71. The summed E-state index contributed by atoms with van der Waals surface area (Å²) in [7, 11) is 0. The summed E-state index contributed by atoms with van der Waals surface area (Å²) in [4.78, 5) is 26.9. The Morgan fingerprint density at radius 2 is 1.93 bits per heavy atom. The molecule has 1 aromatic carbocycles. The molecule has 1 saturated heterocycles. The Labute approximate surface area is 180 Å². The average Bonchev–Trinajstić information content (AvgIpc) is 3.15. The molecule has 2 amide bonds. The van der Waals surface area contributed by atoms with Crippen molar-refractivity contribution in [1.29, 1.82) is 0 Å². The number of likely N-dealkylation sites (tertiary alicyclic amines) is 1. The molecule has 1 unspecified atom stereocenters. The van der Waals surface area contributed by atoms with E-state index in [2.05, 4.69) is 38.4 Å². The number of carbonyl (C=O) groups excluding carboxylic acids is 2. The first-order valence-corrected chi connectivity index (χ1v) is 11.0. The third-order valence-corrected chi connectivity index (χ3v) is 5.56. The summed E-state index contributed by atoms with van der Waals surface area (Å²) in [5.74, 6) is 0.593. The van der Waals surface area contributed by atoms with Gasteiger partial charge in [0.05, 0.1) is 0 Å². The van der Waals surface area contributed by atoms with Crippen LogP contribution in [0.2, 0.25) is 0 Å². The highest BCUT2D eigenvalue weighted by Crippen LogP contribution is 2.17. The van der Waals surface area contributed by atoms with E-state index in [1.54, 1.807) is 36.4 Å². The fraction of sp³-hybridized carbons (Fsp3) is 0.455. The summed E-state index contributed by atoms with van der Waals surface area (Å²) in [6, 6.07) is 10.1. The van der Waals surface area contributed by atoms with Crippen LogP contribution < -0.4 is 10.6 Å². The van der Waals surface area contributed by atoms with Gasteiger partial charge in [-0.2, -0.15) is 0 Å². The van der Waals surface area contributed by atoms with Crippen LogP contribution in [-0.4, -0.2) is 42.9 Å². The van der Waals surface area contributed by atoms with Gasteiger partial charge in [-0.15, -0.1) is 0 Å². The van der Waals surface area contributed by atoms with Gasteiger partial charge in [0.25, 0.3) is 11.8 Å². The van der Waals surface area contributed by atoms with E-state index in [-0.39, 0.29) is 17.6 Å². The highest BCUT2D eigenvalue weighted by molar-refractivity contribution is 9.10. The van der Waals surface area contributed by atoms with Crippen molar-refractivity contribution in [1.82, 2.24) is 10.2 Å². The number of nitrogens with zero attached hydrogens (tertiary/aromatic N) is 1. The lowest BCUT2D eigenvalue weighted by atomic mass is 10.0. The molecule has 1 aromatic heterocycles. The number of piperidine rings is 1. The Morgan fingerprint density at radius 3 is 2.62 bits per heavy atom. The fourth-order valence-corrected chi connectivity index (χ4v) is 3.89. The second kappa shape index (κ2) is 10.6. The maximum Gasteiger partial charge on any atom is 0.291 e.